The second-order valence-corrected chi connectivity index (χ2v) is 3.82. The molecule has 5 heteroatoms. The van der Waals surface area contributed by atoms with E-state index in [1.54, 1.807) is 0 Å². The molecule has 0 aromatic heterocycles. The van der Waals surface area contributed by atoms with E-state index in [-0.39, 0.29) is 25.6 Å². The summed E-state index contributed by atoms with van der Waals surface area (Å²) in [6, 6.07) is 8.87. The van der Waals surface area contributed by atoms with Crippen molar-refractivity contribution in [3.8, 4) is 0 Å². The summed E-state index contributed by atoms with van der Waals surface area (Å²) in [6.07, 6.45) is -4.89. The van der Waals surface area contributed by atoms with Crippen molar-refractivity contribution in [1.82, 2.24) is 5.32 Å². The summed E-state index contributed by atoms with van der Waals surface area (Å²) in [5.41, 5.74) is 0.877. The van der Waals surface area contributed by atoms with Crippen LogP contribution in [0.5, 0.6) is 0 Å². The smallest absolute Gasteiger partial charge is 0.389 e. The zero-order valence-corrected chi connectivity index (χ0v) is 9.37. The Labute approximate surface area is 98.5 Å². The Morgan fingerprint density at radius 3 is 2.35 bits per heavy atom. The molecule has 17 heavy (non-hydrogen) atoms. The highest BCUT2D eigenvalue weighted by Crippen LogP contribution is 2.21. The fourth-order valence-electron chi connectivity index (χ4n) is 1.54. The first-order valence-corrected chi connectivity index (χ1v) is 5.49. The zero-order chi connectivity index (χ0) is 12.7. The maximum absolute atomic E-state index is 11.9. The van der Waals surface area contributed by atoms with Crippen molar-refractivity contribution in [1.29, 1.82) is 0 Å². The average molecular weight is 247 g/mol. The molecular formula is C12H16F3NO. The van der Waals surface area contributed by atoms with Crippen molar-refractivity contribution >= 4 is 0 Å². The second-order valence-electron chi connectivity index (χ2n) is 3.82. The molecule has 1 aromatic rings. The van der Waals surface area contributed by atoms with Crippen molar-refractivity contribution in [2.24, 2.45) is 0 Å². The minimum Gasteiger partial charge on any atom is -0.394 e. The highest BCUT2D eigenvalue weighted by Gasteiger charge is 2.26. The third-order valence-electron chi connectivity index (χ3n) is 2.41. The van der Waals surface area contributed by atoms with Gasteiger partial charge >= 0.3 is 6.18 Å². The topological polar surface area (TPSA) is 32.3 Å². The van der Waals surface area contributed by atoms with E-state index in [1.165, 1.54) is 0 Å². The van der Waals surface area contributed by atoms with E-state index in [1.807, 2.05) is 30.3 Å². The van der Waals surface area contributed by atoms with Gasteiger partial charge in [-0.05, 0) is 18.5 Å². The lowest BCUT2D eigenvalue weighted by Crippen LogP contribution is -2.26. The predicted octanol–water partition coefficient (Wildman–Crippen LogP) is 2.65. The summed E-state index contributed by atoms with van der Waals surface area (Å²) in [4.78, 5) is 0. The van der Waals surface area contributed by atoms with E-state index in [9.17, 15) is 13.2 Å². The Morgan fingerprint density at radius 2 is 1.82 bits per heavy atom. The molecule has 0 saturated heterocycles. The molecule has 0 aliphatic carbocycles. The summed E-state index contributed by atoms with van der Waals surface area (Å²) in [5, 5.41) is 12.1. The predicted molar refractivity (Wildman–Crippen MR) is 59.6 cm³/mol. The van der Waals surface area contributed by atoms with Gasteiger partial charge in [-0.1, -0.05) is 30.3 Å². The van der Waals surface area contributed by atoms with Crippen LogP contribution in [0.2, 0.25) is 0 Å². The molecule has 1 atom stereocenters. The summed E-state index contributed by atoms with van der Waals surface area (Å²) in [5.74, 6) is 0. The average Bonchev–Trinajstić information content (AvgIpc) is 2.29. The van der Waals surface area contributed by atoms with Gasteiger partial charge in [0, 0.05) is 6.42 Å². The molecule has 0 aliphatic heterocycles. The maximum Gasteiger partial charge on any atom is 0.389 e. The van der Waals surface area contributed by atoms with Crippen LogP contribution in [0, 0.1) is 0 Å². The summed E-state index contributed by atoms with van der Waals surface area (Å²) in [7, 11) is 0. The Hall–Kier alpha value is -1.07. The van der Waals surface area contributed by atoms with Gasteiger partial charge in [0.25, 0.3) is 0 Å². The quantitative estimate of drug-likeness (QED) is 0.757. The Morgan fingerprint density at radius 1 is 1.18 bits per heavy atom. The molecule has 0 amide bonds. The molecule has 0 aliphatic rings. The molecule has 0 saturated carbocycles. The molecule has 0 radical (unpaired) electrons. The van der Waals surface area contributed by atoms with E-state index in [0.29, 0.717) is 0 Å². The number of hydrogen-bond donors (Lipinski definition) is 2. The molecule has 2 nitrogen and oxygen atoms in total. The van der Waals surface area contributed by atoms with Crippen molar-refractivity contribution in [3.05, 3.63) is 35.9 Å². The number of aliphatic hydroxyl groups excluding tert-OH is 1. The van der Waals surface area contributed by atoms with Gasteiger partial charge in [0.05, 0.1) is 12.6 Å². The summed E-state index contributed by atoms with van der Waals surface area (Å²) in [6.45, 7) is 0.107. The number of rotatable bonds is 6. The molecular weight excluding hydrogens is 231 g/mol. The van der Waals surface area contributed by atoms with Gasteiger partial charge in [-0.15, -0.1) is 0 Å². The maximum atomic E-state index is 11.9. The number of benzene rings is 1. The van der Waals surface area contributed by atoms with Gasteiger partial charge in [0.15, 0.2) is 0 Å². The van der Waals surface area contributed by atoms with Crippen molar-refractivity contribution in [2.45, 2.75) is 25.1 Å². The van der Waals surface area contributed by atoms with Gasteiger partial charge < -0.3 is 10.4 Å². The molecule has 1 unspecified atom stereocenters. The minimum atomic E-state index is -4.11. The fraction of sp³-hybridized carbons (Fsp3) is 0.500. The monoisotopic (exact) mass is 247 g/mol. The van der Waals surface area contributed by atoms with E-state index in [2.05, 4.69) is 5.32 Å². The van der Waals surface area contributed by atoms with Crippen LogP contribution < -0.4 is 5.32 Å². The van der Waals surface area contributed by atoms with E-state index in [4.69, 9.17) is 5.11 Å². The van der Waals surface area contributed by atoms with Gasteiger partial charge in [0.2, 0.25) is 0 Å². The molecule has 0 bridgehead atoms. The first-order valence-electron chi connectivity index (χ1n) is 5.49. The summed E-state index contributed by atoms with van der Waals surface area (Å²) >= 11 is 0. The zero-order valence-electron chi connectivity index (χ0n) is 9.37. The lowest BCUT2D eigenvalue weighted by molar-refractivity contribution is -0.135. The lowest BCUT2D eigenvalue weighted by atomic mass is 10.1. The van der Waals surface area contributed by atoms with E-state index < -0.39 is 12.6 Å². The van der Waals surface area contributed by atoms with Crippen LogP contribution in [0.3, 0.4) is 0 Å². The highest BCUT2D eigenvalue weighted by molar-refractivity contribution is 5.18. The molecule has 2 N–H and O–H groups in total. The Kier molecular flexibility index (Phi) is 5.44. The normalized spacial score (nSPS) is 13.6. The Balaban J connectivity index is 2.34. The van der Waals surface area contributed by atoms with Crippen LogP contribution in [0.4, 0.5) is 13.2 Å². The van der Waals surface area contributed by atoms with Gasteiger partial charge in [-0.25, -0.2) is 0 Å². The third kappa shape index (κ3) is 5.70. The largest absolute Gasteiger partial charge is 0.394 e. The van der Waals surface area contributed by atoms with E-state index in [0.717, 1.165) is 5.56 Å². The van der Waals surface area contributed by atoms with Gasteiger partial charge in [-0.2, -0.15) is 13.2 Å². The first-order chi connectivity index (χ1) is 8.03. The van der Waals surface area contributed by atoms with Gasteiger partial charge in [0.1, 0.15) is 0 Å². The van der Waals surface area contributed by atoms with Crippen LogP contribution in [0.15, 0.2) is 30.3 Å². The molecule has 0 fully saturated rings. The van der Waals surface area contributed by atoms with E-state index >= 15 is 0 Å². The highest BCUT2D eigenvalue weighted by atomic mass is 19.4. The number of alkyl halides is 3. The van der Waals surface area contributed by atoms with Crippen molar-refractivity contribution in [2.75, 3.05) is 13.2 Å². The molecule has 1 aromatic carbocycles. The first kappa shape index (κ1) is 14.0. The fourth-order valence-corrected chi connectivity index (χ4v) is 1.54. The molecule has 0 heterocycles. The SMILES string of the molecule is OCC(NCCCC(F)(F)F)c1ccccc1. The number of aliphatic hydroxyl groups is 1. The molecule has 0 spiro atoms. The van der Waals surface area contributed by atoms with Crippen LogP contribution in [-0.4, -0.2) is 24.4 Å². The van der Waals surface area contributed by atoms with Gasteiger partial charge in [-0.3, -0.25) is 0 Å². The number of nitrogens with one attached hydrogen (secondary N) is 1. The van der Waals surface area contributed by atoms with Crippen molar-refractivity contribution < 1.29 is 18.3 Å². The second kappa shape index (κ2) is 6.61. The minimum absolute atomic E-state index is 0.0207. The van der Waals surface area contributed by atoms with Crippen LogP contribution in [0.1, 0.15) is 24.4 Å². The number of halogens is 3. The standard InChI is InChI=1S/C12H16F3NO/c13-12(14,15)7-4-8-16-11(9-17)10-5-2-1-3-6-10/h1-3,5-6,11,16-17H,4,7-9H2. The van der Waals surface area contributed by atoms with Crippen molar-refractivity contribution in [3.63, 3.8) is 0 Å². The van der Waals surface area contributed by atoms with Crippen LogP contribution >= 0.6 is 0 Å². The van der Waals surface area contributed by atoms with Crippen LogP contribution in [-0.2, 0) is 0 Å². The summed E-state index contributed by atoms with van der Waals surface area (Å²) < 4.78 is 35.7. The molecule has 96 valence electrons. The lowest BCUT2D eigenvalue weighted by Gasteiger charge is -2.16. The van der Waals surface area contributed by atoms with Crippen LogP contribution in [0.25, 0.3) is 0 Å². The molecule has 1 rings (SSSR count). The number of hydrogen-bond acceptors (Lipinski definition) is 2. The third-order valence-corrected chi connectivity index (χ3v) is 2.41. The Bertz CT molecular complexity index is 313.